The molecule has 1 aliphatic heterocycles. The molecule has 0 spiro atoms. The Balaban J connectivity index is 1.50. The topological polar surface area (TPSA) is 97.5 Å². The highest BCUT2D eigenvalue weighted by Crippen LogP contribution is 2.27. The largest absolute Gasteiger partial charge is 0.369 e. The average Bonchev–Trinajstić information content (AvgIpc) is 3.29. The second-order valence-electron chi connectivity index (χ2n) is 6.29. The zero-order valence-corrected chi connectivity index (χ0v) is 15.7. The molecule has 1 atom stereocenters. The summed E-state index contributed by atoms with van der Waals surface area (Å²) in [5, 5.41) is 7.00. The number of ether oxygens (including phenoxy) is 1. The van der Waals surface area contributed by atoms with E-state index in [1.165, 1.54) is 30.7 Å². The molecule has 1 aliphatic rings. The van der Waals surface area contributed by atoms with Crippen LogP contribution in [0.4, 0.5) is 13.9 Å². The third-order valence-electron chi connectivity index (χ3n) is 4.22. The van der Waals surface area contributed by atoms with Crippen LogP contribution in [0.25, 0.3) is 5.78 Å². The van der Waals surface area contributed by atoms with Crippen molar-refractivity contribution in [2.45, 2.75) is 26.0 Å². The fraction of sp³-hybridized carbons (Fsp3) is 0.438. The van der Waals surface area contributed by atoms with Crippen LogP contribution in [0.1, 0.15) is 35.7 Å². The molecule has 12 heteroatoms. The summed E-state index contributed by atoms with van der Waals surface area (Å²) in [6.45, 7) is 3.68. The lowest BCUT2D eigenvalue weighted by molar-refractivity contribution is -0.114. The lowest BCUT2D eigenvalue weighted by Crippen LogP contribution is -2.38. The van der Waals surface area contributed by atoms with Gasteiger partial charge in [0.15, 0.2) is 5.13 Å². The summed E-state index contributed by atoms with van der Waals surface area (Å²) in [5.74, 6) is -0.0481. The minimum absolute atomic E-state index is 0.121. The van der Waals surface area contributed by atoms with E-state index in [1.54, 1.807) is 6.20 Å². The SMILES string of the molecule is CC(=O)Nc1ncc(CN2CCOC(c3cc(C(F)F)n4ncnc4n3)C2)s1. The van der Waals surface area contributed by atoms with Crippen molar-refractivity contribution in [1.29, 1.82) is 0 Å². The van der Waals surface area contributed by atoms with E-state index in [1.807, 2.05) is 0 Å². The van der Waals surface area contributed by atoms with Crippen molar-refractivity contribution in [3.63, 3.8) is 0 Å². The maximum Gasteiger partial charge on any atom is 0.280 e. The van der Waals surface area contributed by atoms with Crippen molar-refractivity contribution in [2.24, 2.45) is 0 Å². The molecule has 1 N–H and O–H groups in total. The fourth-order valence-electron chi connectivity index (χ4n) is 3.01. The van der Waals surface area contributed by atoms with Gasteiger partial charge in [-0.2, -0.15) is 14.6 Å². The van der Waals surface area contributed by atoms with Crippen molar-refractivity contribution >= 4 is 28.2 Å². The van der Waals surface area contributed by atoms with Gasteiger partial charge in [0.25, 0.3) is 12.2 Å². The van der Waals surface area contributed by atoms with Crippen LogP contribution < -0.4 is 5.32 Å². The zero-order chi connectivity index (χ0) is 19.7. The Morgan fingerprint density at radius 3 is 3.11 bits per heavy atom. The van der Waals surface area contributed by atoms with Crippen LogP contribution in [0.15, 0.2) is 18.6 Å². The van der Waals surface area contributed by atoms with Crippen molar-refractivity contribution < 1.29 is 18.3 Å². The van der Waals surface area contributed by atoms with Gasteiger partial charge in [0.05, 0.1) is 12.3 Å². The fourth-order valence-corrected chi connectivity index (χ4v) is 3.91. The monoisotopic (exact) mass is 409 g/mol. The van der Waals surface area contributed by atoms with Gasteiger partial charge < -0.3 is 10.1 Å². The summed E-state index contributed by atoms with van der Waals surface area (Å²) in [6.07, 6.45) is -0.233. The second-order valence-corrected chi connectivity index (χ2v) is 7.40. The number of thiazole rings is 1. The number of hydrogen-bond acceptors (Lipinski definition) is 8. The van der Waals surface area contributed by atoms with Gasteiger partial charge in [-0.05, 0) is 6.07 Å². The van der Waals surface area contributed by atoms with Crippen LogP contribution >= 0.6 is 11.3 Å². The molecule has 1 fully saturated rings. The molecule has 9 nitrogen and oxygen atoms in total. The maximum absolute atomic E-state index is 13.4. The number of fused-ring (bicyclic) bond motifs is 1. The Labute approximate surface area is 162 Å². The second kappa shape index (κ2) is 7.81. The first-order chi connectivity index (χ1) is 13.5. The summed E-state index contributed by atoms with van der Waals surface area (Å²) >= 11 is 1.40. The van der Waals surface area contributed by atoms with Gasteiger partial charge in [0.2, 0.25) is 5.91 Å². The van der Waals surface area contributed by atoms with E-state index in [0.717, 1.165) is 9.39 Å². The Hall–Kier alpha value is -2.57. The molecule has 3 aromatic rings. The molecule has 28 heavy (non-hydrogen) atoms. The molecule has 3 aromatic heterocycles. The van der Waals surface area contributed by atoms with E-state index in [4.69, 9.17) is 4.74 Å². The summed E-state index contributed by atoms with van der Waals surface area (Å²) in [6, 6.07) is 1.32. The first kappa shape index (κ1) is 18.8. The summed E-state index contributed by atoms with van der Waals surface area (Å²) in [7, 11) is 0. The van der Waals surface area contributed by atoms with Gasteiger partial charge in [-0.25, -0.2) is 18.7 Å². The van der Waals surface area contributed by atoms with Crippen molar-refractivity contribution in [3.05, 3.63) is 34.9 Å². The van der Waals surface area contributed by atoms with Gasteiger partial charge in [0, 0.05) is 37.6 Å². The van der Waals surface area contributed by atoms with Crippen LogP contribution in [0.5, 0.6) is 0 Å². The van der Waals surface area contributed by atoms with Crippen LogP contribution in [0.3, 0.4) is 0 Å². The molecule has 1 amide bonds. The van der Waals surface area contributed by atoms with Crippen molar-refractivity contribution in [1.82, 2.24) is 29.5 Å². The summed E-state index contributed by atoms with van der Waals surface area (Å²) in [5.41, 5.74) is 0.143. The molecule has 0 radical (unpaired) electrons. The molecule has 148 valence electrons. The molecule has 0 bridgehead atoms. The van der Waals surface area contributed by atoms with E-state index < -0.39 is 12.5 Å². The predicted molar refractivity (Wildman–Crippen MR) is 96.1 cm³/mol. The van der Waals surface area contributed by atoms with E-state index in [9.17, 15) is 13.6 Å². The first-order valence-corrected chi connectivity index (χ1v) is 9.36. The number of morpholine rings is 1. The number of nitrogens with zero attached hydrogens (tertiary/aromatic N) is 6. The molecule has 4 heterocycles. The lowest BCUT2D eigenvalue weighted by Gasteiger charge is -2.32. The minimum Gasteiger partial charge on any atom is -0.369 e. The number of halogens is 2. The maximum atomic E-state index is 13.4. The number of amides is 1. The highest BCUT2D eigenvalue weighted by Gasteiger charge is 2.26. The molecule has 0 aromatic carbocycles. The van der Waals surface area contributed by atoms with Crippen LogP contribution in [0, 0.1) is 0 Å². The average molecular weight is 409 g/mol. The normalized spacial score (nSPS) is 18.1. The molecule has 1 saturated heterocycles. The third kappa shape index (κ3) is 3.98. The van der Waals surface area contributed by atoms with Crippen LogP contribution in [-0.4, -0.2) is 55.1 Å². The van der Waals surface area contributed by atoms with E-state index in [2.05, 4.69) is 30.3 Å². The minimum atomic E-state index is -2.70. The highest BCUT2D eigenvalue weighted by atomic mass is 32.1. The van der Waals surface area contributed by atoms with Crippen molar-refractivity contribution in [2.75, 3.05) is 25.0 Å². The predicted octanol–water partition coefficient (Wildman–Crippen LogP) is 2.05. The summed E-state index contributed by atoms with van der Waals surface area (Å²) in [4.78, 5) is 26.7. The van der Waals surface area contributed by atoms with Gasteiger partial charge in [-0.3, -0.25) is 9.69 Å². The molecule has 0 saturated carbocycles. The standard InChI is InChI=1S/C16H17F2N7O2S/c1-9(26)22-16-19-5-10(28-16)6-24-2-3-27-13(7-24)11-4-12(14(17)18)25-15(23-11)20-8-21-25/h4-5,8,13-14H,2-3,6-7H2,1H3,(H,19,22,26). The van der Waals surface area contributed by atoms with Gasteiger partial charge >= 0.3 is 0 Å². The van der Waals surface area contributed by atoms with Gasteiger partial charge in [-0.1, -0.05) is 0 Å². The van der Waals surface area contributed by atoms with Crippen LogP contribution in [0.2, 0.25) is 0 Å². The number of anilines is 1. The van der Waals surface area contributed by atoms with E-state index in [-0.39, 0.29) is 17.4 Å². The lowest BCUT2D eigenvalue weighted by atomic mass is 10.1. The Kier molecular flexibility index (Phi) is 5.24. The number of alkyl halides is 2. The molecule has 4 rings (SSSR count). The Bertz CT molecular complexity index is 992. The van der Waals surface area contributed by atoms with Gasteiger partial charge in [-0.15, -0.1) is 11.3 Å². The smallest absolute Gasteiger partial charge is 0.280 e. The Morgan fingerprint density at radius 1 is 1.46 bits per heavy atom. The number of hydrogen-bond donors (Lipinski definition) is 1. The van der Waals surface area contributed by atoms with Crippen LogP contribution in [-0.2, 0) is 16.1 Å². The number of rotatable bonds is 5. The molecule has 0 aliphatic carbocycles. The number of carbonyl (C=O) groups is 1. The summed E-state index contributed by atoms with van der Waals surface area (Å²) < 4.78 is 33.6. The number of nitrogens with one attached hydrogen (secondary N) is 1. The van der Waals surface area contributed by atoms with E-state index in [0.29, 0.717) is 37.1 Å². The van der Waals surface area contributed by atoms with Gasteiger partial charge in [0.1, 0.15) is 18.1 Å². The molecular weight excluding hydrogens is 392 g/mol. The Morgan fingerprint density at radius 2 is 2.32 bits per heavy atom. The molecular formula is C16H17F2N7O2S. The quantitative estimate of drug-likeness (QED) is 0.689. The highest BCUT2D eigenvalue weighted by molar-refractivity contribution is 7.15. The third-order valence-corrected chi connectivity index (χ3v) is 5.12. The number of carbonyl (C=O) groups excluding carboxylic acids is 1. The first-order valence-electron chi connectivity index (χ1n) is 8.54. The van der Waals surface area contributed by atoms with Crippen molar-refractivity contribution in [3.8, 4) is 0 Å². The number of aromatic nitrogens is 5. The van der Waals surface area contributed by atoms with E-state index >= 15 is 0 Å². The molecule has 1 unspecified atom stereocenters. The zero-order valence-electron chi connectivity index (χ0n) is 14.9.